The number of nitrogens with one attached hydrogen (secondary N) is 1. The van der Waals surface area contributed by atoms with E-state index in [9.17, 15) is 9.59 Å². The first-order valence-electron chi connectivity index (χ1n) is 8.30. The third-order valence-corrected chi connectivity index (χ3v) is 5.53. The molecule has 5 heteroatoms. The summed E-state index contributed by atoms with van der Waals surface area (Å²) in [6.45, 7) is 0.161. The largest absolute Gasteiger partial charge is 0.381 e. The Labute approximate surface area is 126 Å². The lowest BCUT2D eigenvalue weighted by Gasteiger charge is -2.52. The van der Waals surface area contributed by atoms with Crippen LogP contribution >= 0.6 is 0 Å². The number of nitrogens with zero attached hydrogens (tertiary/aromatic N) is 1. The summed E-state index contributed by atoms with van der Waals surface area (Å²) in [5.41, 5.74) is -0.576. The Morgan fingerprint density at radius 1 is 1.14 bits per heavy atom. The Kier molecular flexibility index (Phi) is 4.20. The molecule has 2 amide bonds. The summed E-state index contributed by atoms with van der Waals surface area (Å²) in [4.78, 5) is 27.1. The zero-order valence-electron chi connectivity index (χ0n) is 12.9. The summed E-state index contributed by atoms with van der Waals surface area (Å²) in [7, 11) is 1.74. The lowest BCUT2D eigenvalue weighted by molar-refractivity contribution is -0.162. The van der Waals surface area contributed by atoms with Crippen molar-refractivity contribution >= 4 is 11.8 Å². The zero-order chi connectivity index (χ0) is 14.9. The van der Waals surface area contributed by atoms with Gasteiger partial charge in [-0.05, 0) is 38.5 Å². The highest BCUT2D eigenvalue weighted by atomic mass is 16.5. The van der Waals surface area contributed by atoms with E-state index in [1.807, 2.05) is 4.90 Å². The van der Waals surface area contributed by atoms with Gasteiger partial charge >= 0.3 is 0 Å². The van der Waals surface area contributed by atoms with Gasteiger partial charge in [-0.2, -0.15) is 0 Å². The number of ether oxygens (including phenoxy) is 1. The first-order valence-corrected chi connectivity index (χ1v) is 8.30. The molecule has 2 unspecified atom stereocenters. The summed E-state index contributed by atoms with van der Waals surface area (Å²) in [6.07, 6.45) is 9.12. The molecule has 0 bridgehead atoms. The molecular formula is C16H26N2O3. The van der Waals surface area contributed by atoms with E-state index in [2.05, 4.69) is 5.32 Å². The van der Waals surface area contributed by atoms with Crippen LogP contribution in [0.1, 0.15) is 57.8 Å². The molecule has 1 saturated heterocycles. The molecule has 2 saturated carbocycles. The maximum Gasteiger partial charge on any atom is 0.246 e. The van der Waals surface area contributed by atoms with Crippen LogP contribution in [0.25, 0.3) is 0 Å². The van der Waals surface area contributed by atoms with Crippen LogP contribution in [0.15, 0.2) is 0 Å². The Bertz CT molecular complexity index is 418. The molecule has 1 N–H and O–H groups in total. The van der Waals surface area contributed by atoms with E-state index < -0.39 is 5.54 Å². The lowest BCUT2D eigenvalue weighted by Crippen LogP contribution is -2.70. The van der Waals surface area contributed by atoms with Crippen molar-refractivity contribution in [2.75, 3.05) is 13.7 Å². The second-order valence-electron chi connectivity index (χ2n) is 6.72. The quantitative estimate of drug-likeness (QED) is 0.841. The molecule has 118 valence electrons. The average Bonchev–Trinajstić information content (AvgIpc) is 2.53. The third kappa shape index (κ3) is 2.56. The summed E-state index contributed by atoms with van der Waals surface area (Å²) in [5, 5.41) is 2.83. The number of hydrogen-bond acceptors (Lipinski definition) is 3. The Morgan fingerprint density at radius 3 is 2.62 bits per heavy atom. The number of amides is 2. The number of hydrogen-bond donors (Lipinski definition) is 1. The molecule has 0 radical (unpaired) electrons. The van der Waals surface area contributed by atoms with Gasteiger partial charge in [0, 0.05) is 13.2 Å². The lowest BCUT2D eigenvalue weighted by atomic mass is 9.76. The fraction of sp³-hybridized carbons (Fsp3) is 0.875. The summed E-state index contributed by atoms with van der Waals surface area (Å²) >= 11 is 0. The van der Waals surface area contributed by atoms with Gasteiger partial charge in [0.1, 0.15) is 5.54 Å². The monoisotopic (exact) mass is 294 g/mol. The molecule has 0 aromatic rings. The van der Waals surface area contributed by atoms with Gasteiger partial charge in [0.25, 0.3) is 0 Å². The van der Waals surface area contributed by atoms with Gasteiger partial charge in [-0.15, -0.1) is 0 Å². The molecule has 1 heterocycles. The molecule has 1 spiro atoms. The smallest absolute Gasteiger partial charge is 0.246 e. The molecule has 0 aromatic heterocycles. The minimum atomic E-state index is -0.576. The number of carbonyl (C=O) groups is 2. The normalized spacial score (nSPS) is 33.1. The average molecular weight is 294 g/mol. The highest BCUT2D eigenvalue weighted by molar-refractivity contribution is 5.98. The molecule has 2 atom stereocenters. The van der Waals surface area contributed by atoms with Crippen LogP contribution in [0.2, 0.25) is 0 Å². The predicted molar refractivity (Wildman–Crippen MR) is 78.7 cm³/mol. The van der Waals surface area contributed by atoms with Crippen LogP contribution in [0.5, 0.6) is 0 Å². The third-order valence-electron chi connectivity index (χ3n) is 5.53. The molecule has 3 fully saturated rings. The van der Waals surface area contributed by atoms with Crippen molar-refractivity contribution < 1.29 is 14.3 Å². The van der Waals surface area contributed by atoms with E-state index in [0.717, 1.165) is 51.4 Å². The number of methoxy groups -OCH3 is 1. The van der Waals surface area contributed by atoms with Crippen LogP contribution in [0.3, 0.4) is 0 Å². The first-order chi connectivity index (χ1) is 10.2. The number of carbonyl (C=O) groups excluding carboxylic acids is 2. The first kappa shape index (κ1) is 14.8. The molecular weight excluding hydrogens is 268 g/mol. The molecule has 0 aromatic carbocycles. The Morgan fingerprint density at radius 2 is 1.90 bits per heavy atom. The molecule has 5 nitrogen and oxygen atoms in total. The van der Waals surface area contributed by atoms with Crippen molar-refractivity contribution in [1.82, 2.24) is 10.2 Å². The second-order valence-corrected chi connectivity index (χ2v) is 6.72. The maximum atomic E-state index is 12.6. The van der Waals surface area contributed by atoms with Crippen molar-refractivity contribution in [2.45, 2.75) is 75.5 Å². The van der Waals surface area contributed by atoms with Gasteiger partial charge in [0.05, 0.1) is 12.6 Å². The number of piperazine rings is 1. The fourth-order valence-electron chi connectivity index (χ4n) is 4.48. The Hall–Kier alpha value is -1.10. The van der Waals surface area contributed by atoms with Crippen LogP contribution in [-0.2, 0) is 14.3 Å². The predicted octanol–water partition coefficient (Wildman–Crippen LogP) is 1.61. The van der Waals surface area contributed by atoms with E-state index >= 15 is 0 Å². The highest BCUT2D eigenvalue weighted by Crippen LogP contribution is 2.40. The summed E-state index contributed by atoms with van der Waals surface area (Å²) in [6, 6.07) is 0.167. The van der Waals surface area contributed by atoms with Gasteiger partial charge in [-0.25, -0.2) is 0 Å². The molecule has 3 aliphatic rings. The van der Waals surface area contributed by atoms with E-state index in [4.69, 9.17) is 4.74 Å². The second kappa shape index (κ2) is 5.95. The van der Waals surface area contributed by atoms with Crippen molar-refractivity contribution in [2.24, 2.45) is 0 Å². The topological polar surface area (TPSA) is 58.6 Å². The fourth-order valence-corrected chi connectivity index (χ4v) is 4.48. The van der Waals surface area contributed by atoms with Crippen LogP contribution in [0, 0.1) is 0 Å². The van der Waals surface area contributed by atoms with E-state index in [-0.39, 0.29) is 30.5 Å². The van der Waals surface area contributed by atoms with E-state index in [0.29, 0.717) is 0 Å². The van der Waals surface area contributed by atoms with E-state index in [1.54, 1.807) is 7.11 Å². The van der Waals surface area contributed by atoms with Gasteiger partial charge in [0.2, 0.25) is 11.8 Å². The van der Waals surface area contributed by atoms with Crippen molar-refractivity contribution in [3.63, 3.8) is 0 Å². The van der Waals surface area contributed by atoms with Crippen LogP contribution < -0.4 is 5.32 Å². The van der Waals surface area contributed by atoms with Gasteiger partial charge in [-0.1, -0.05) is 19.3 Å². The van der Waals surface area contributed by atoms with Crippen molar-refractivity contribution in [3.8, 4) is 0 Å². The minimum absolute atomic E-state index is 0.0707. The van der Waals surface area contributed by atoms with E-state index in [1.165, 1.54) is 6.42 Å². The molecule has 21 heavy (non-hydrogen) atoms. The van der Waals surface area contributed by atoms with Crippen molar-refractivity contribution in [1.29, 1.82) is 0 Å². The maximum absolute atomic E-state index is 12.6. The van der Waals surface area contributed by atoms with Gasteiger partial charge in [-0.3, -0.25) is 9.59 Å². The van der Waals surface area contributed by atoms with Crippen molar-refractivity contribution in [3.05, 3.63) is 0 Å². The van der Waals surface area contributed by atoms with Gasteiger partial charge in [0.15, 0.2) is 0 Å². The van der Waals surface area contributed by atoms with Crippen LogP contribution in [-0.4, -0.2) is 48.1 Å². The molecule has 1 aliphatic heterocycles. The minimum Gasteiger partial charge on any atom is -0.381 e. The molecule has 3 rings (SSSR count). The Balaban J connectivity index is 1.87. The SMILES string of the molecule is COC1CCCC(N2C(=O)CNC(=O)C23CCCCC3)C1. The standard InChI is InChI=1S/C16H26N2O3/c1-21-13-7-5-6-12(10-13)18-14(19)11-17-15(20)16(18)8-3-2-4-9-16/h12-13H,2-11H2,1H3,(H,17,20). The summed E-state index contributed by atoms with van der Waals surface area (Å²) in [5.74, 6) is 0.166. The highest BCUT2D eigenvalue weighted by Gasteiger charge is 2.52. The van der Waals surface area contributed by atoms with Crippen LogP contribution in [0.4, 0.5) is 0 Å². The molecule has 2 aliphatic carbocycles. The summed E-state index contributed by atoms with van der Waals surface area (Å²) < 4.78 is 5.51. The van der Waals surface area contributed by atoms with Gasteiger partial charge < -0.3 is 15.0 Å². The number of rotatable bonds is 2. The zero-order valence-corrected chi connectivity index (χ0v) is 12.9.